The Hall–Kier alpha value is -0.510. The van der Waals surface area contributed by atoms with Crippen LogP contribution >= 0.6 is 11.8 Å². The van der Waals surface area contributed by atoms with Gasteiger partial charge in [-0.05, 0) is 50.4 Å². The van der Waals surface area contributed by atoms with Crippen molar-refractivity contribution in [3.05, 3.63) is 29.3 Å². The normalized spacial score (nSPS) is 24.2. The lowest BCUT2D eigenvalue weighted by atomic mass is 10.1. The van der Waals surface area contributed by atoms with Gasteiger partial charge in [-0.1, -0.05) is 12.1 Å². The van der Waals surface area contributed by atoms with Crippen LogP contribution in [0.5, 0.6) is 0 Å². The molecule has 1 fully saturated rings. The zero-order valence-electron chi connectivity index (χ0n) is 10.6. The molecule has 0 bridgehead atoms. The number of hydrogen-bond acceptors (Lipinski definition) is 3. The van der Waals surface area contributed by atoms with E-state index < -0.39 is 0 Å². The SMILES string of the molecule is Cc1cc(CCN)ccc1SC1CCOC1C. The number of benzene rings is 1. The third-order valence-corrected chi connectivity index (χ3v) is 4.89. The van der Waals surface area contributed by atoms with E-state index in [9.17, 15) is 0 Å². The first kappa shape index (κ1) is 12.9. The second kappa shape index (κ2) is 5.89. The van der Waals surface area contributed by atoms with Gasteiger partial charge in [0.05, 0.1) is 6.10 Å². The molecule has 17 heavy (non-hydrogen) atoms. The van der Waals surface area contributed by atoms with Crippen molar-refractivity contribution in [3.8, 4) is 0 Å². The van der Waals surface area contributed by atoms with Crippen molar-refractivity contribution in [1.82, 2.24) is 0 Å². The van der Waals surface area contributed by atoms with E-state index >= 15 is 0 Å². The molecule has 0 aliphatic carbocycles. The fraction of sp³-hybridized carbons (Fsp3) is 0.571. The molecular formula is C14H21NOS. The number of thioether (sulfide) groups is 1. The van der Waals surface area contributed by atoms with Crippen molar-refractivity contribution in [2.75, 3.05) is 13.2 Å². The lowest BCUT2D eigenvalue weighted by molar-refractivity contribution is 0.127. The van der Waals surface area contributed by atoms with Gasteiger partial charge in [-0.25, -0.2) is 0 Å². The van der Waals surface area contributed by atoms with Crippen molar-refractivity contribution in [2.45, 2.75) is 42.9 Å². The van der Waals surface area contributed by atoms with Gasteiger partial charge in [-0.15, -0.1) is 11.8 Å². The smallest absolute Gasteiger partial charge is 0.0669 e. The maximum Gasteiger partial charge on any atom is 0.0669 e. The summed E-state index contributed by atoms with van der Waals surface area (Å²) in [5.74, 6) is 0. The molecule has 1 heterocycles. The van der Waals surface area contributed by atoms with E-state index in [0.717, 1.165) is 26.0 Å². The first-order valence-corrected chi connectivity index (χ1v) is 7.16. The minimum absolute atomic E-state index is 0.378. The second-order valence-corrected chi connectivity index (χ2v) is 5.94. The van der Waals surface area contributed by atoms with E-state index in [-0.39, 0.29) is 0 Å². The highest BCUT2D eigenvalue weighted by molar-refractivity contribution is 8.00. The van der Waals surface area contributed by atoms with Crippen LogP contribution < -0.4 is 5.73 Å². The average molecular weight is 251 g/mol. The van der Waals surface area contributed by atoms with Crippen LogP contribution in [0, 0.1) is 6.92 Å². The Kier molecular flexibility index (Phi) is 4.48. The molecule has 1 aromatic carbocycles. The van der Waals surface area contributed by atoms with E-state index in [2.05, 4.69) is 32.0 Å². The van der Waals surface area contributed by atoms with Gasteiger partial charge in [0.1, 0.15) is 0 Å². The number of aryl methyl sites for hydroxylation is 1. The monoisotopic (exact) mass is 251 g/mol. The minimum Gasteiger partial charge on any atom is -0.377 e. The highest BCUT2D eigenvalue weighted by Crippen LogP contribution is 2.34. The Bertz CT molecular complexity index is 380. The first-order valence-electron chi connectivity index (χ1n) is 6.28. The van der Waals surface area contributed by atoms with Crippen LogP contribution in [0.1, 0.15) is 24.5 Å². The summed E-state index contributed by atoms with van der Waals surface area (Å²) < 4.78 is 5.60. The molecule has 94 valence electrons. The predicted molar refractivity (Wildman–Crippen MR) is 73.6 cm³/mol. The highest BCUT2D eigenvalue weighted by atomic mass is 32.2. The number of nitrogens with two attached hydrogens (primary N) is 1. The molecule has 0 aromatic heterocycles. The summed E-state index contributed by atoms with van der Waals surface area (Å²) in [6.07, 6.45) is 2.51. The average Bonchev–Trinajstić information content (AvgIpc) is 2.69. The summed E-state index contributed by atoms with van der Waals surface area (Å²) in [5.41, 5.74) is 8.28. The largest absolute Gasteiger partial charge is 0.377 e. The van der Waals surface area contributed by atoms with Crippen LogP contribution in [0.3, 0.4) is 0 Å². The molecule has 2 unspecified atom stereocenters. The van der Waals surface area contributed by atoms with Gasteiger partial charge < -0.3 is 10.5 Å². The number of ether oxygens (including phenoxy) is 1. The molecule has 1 saturated heterocycles. The zero-order valence-corrected chi connectivity index (χ0v) is 11.4. The van der Waals surface area contributed by atoms with Gasteiger partial charge >= 0.3 is 0 Å². The topological polar surface area (TPSA) is 35.2 Å². The van der Waals surface area contributed by atoms with Gasteiger partial charge in [0.2, 0.25) is 0 Å². The molecule has 2 rings (SSSR count). The Morgan fingerprint density at radius 3 is 2.88 bits per heavy atom. The van der Waals surface area contributed by atoms with Crippen LogP contribution in [-0.4, -0.2) is 24.5 Å². The van der Waals surface area contributed by atoms with Crippen LogP contribution in [0.25, 0.3) is 0 Å². The molecule has 0 spiro atoms. The Balaban J connectivity index is 2.05. The van der Waals surface area contributed by atoms with Crippen molar-refractivity contribution < 1.29 is 4.74 Å². The molecule has 0 saturated carbocycles. The fourth-order valence-corrected chi connectivity index (χ4v) is 3.40. The summed E-state index contributed by atoms with van der Waals surface area (Å²) in [7, 11) is 0. The molecule has 1 aliphatic heterocycles. The molecule has 0 amide bonds. The maximum atomic E-state index is 5.60. The first-order chi connectivity index (χ1) is 8.20. The summed E-state index contributed by atoms with van der Waals surface area (Å²) in [5, 5.41) is 0.606. The number of rotatable bonds is 4. The van der Waals surface area contributed by atoms with Crippen LogP contribution in [0.4, 0.5) is 0 Å². The molecule has 3 heteroatoms. The second-order valence-electron chi connectivity index (χ2n) is 4.66. The van der Waals surface area contributed by atoms with Crippen molar-refractivity contribution in [1.29, 1.82) is 0 Å². The summed E-state index contributed by atoms with van der Waals surface area (Å²) in [6.45, 7) is 5.98. The zero-order chi connectivity index (χ0) is 12.3. The maximum absolute atomic E-state index is 5.60. The Morgan fingerprint density at radius 2 is 2.29 bits per heavy atom. The third kappa shape index (κ3) is 3.24. The van der Waals surface area contributed by atoms with Gasteiger partial charge in [-0.2, -0.15) is 0 Å². The van der Waals surface area contributed by atoms with Crippen molar-refractivity contribution >= 4 is 11.8 Å². The predicted octanol–water partition coefficient (Wildman–Crippen LogP) is 2.77. The van der Waals surface area contributed by atoms with Crippen molar-refractivity contribution in [2.24, 2.45) is 5.73 Å². The van der Waals surface area contributed by atoms with Crippen molar-refractivity contribution in [3.63, 3.8) is 0 Å². The standard InChI is InChI=1S/C14H21NOS/c1-10-9-12(5-7-15)3-4-13(10)17-14-6-8-16-11(14)2/h3-4,9,11,14H,5-8,15H2,1-2H3. The van der Waals surface area contributed by atoms with Gasteiger partial charge in [0, 0.05) is 16.8 Å². The molecule has 2 atom stereocenters. The summed E-state index contributed by atoms with van der Waals surface area (Å²) >= 11 is 1.96. The van der Waals surface area contributed by atoms with E-state index in [0.29, 0.717) is 11.4 Å². The molecule has 1 aliphatic rings. The summed E-state index contributed by atoms with van der Waals surface area (Å²) in [4.78, 5) is 1.38. The third-order valence-electron chi connectivity index (χ3n) is 3.26. The minimum atomic E-state index is 0.378. The Labute approximate surface area is 108 Å². The lowest BCUT2D eigenvalue weighted by Gasteiger charge is -2.15. The van der Waals surface area contributed by atoms with Gasteiger partial charge in [0.25, 0.3) is 0 Å². The summed E-state index contributed by atoms with van der Waals surface area (Å²) in [6, 6.07) is 6.69. The van der Waals surface area contributed by atoms with Gasteiger partial charge in [-0.3, -0.25) is 0 Å². The molecule has 2 N–H and O–H groups in total. The lowest BCUT2D eigenvalue weighted by Crippen LogP contribution is -2.13. The van der Waals surface area contributed by atoms with Crippen LogP contribution in [-0.2, 0) is 11.2 Å². The van der Waals surface area contributed by atoms with E-state index in [1.165, 1.54) is 16.0 Å². The molecular weight excluding hydrogens is 230 g/mol. The number of hydrogen-bond donors (Lipinski definition) is 1. The van der Waals surface area contributed by atoms with E-state index in [1.54, 1.807) is 0 Å². The Morgan fingerprint density at radius 1 is 1.47 bits per heavy atom. The van der Waals surface area contributed by atoms with Crippen LogP contribution in [0.2, 0.25) is 0 Å². The molecule has 0 radical (unpaired) electrons. The molecule has 2 nitrogen and oxygen atoms in total. The highest BCUT2D eigenvalue weighted by Gasteiger charge is 2.25. The molecule has 1 aromatic rings. The fourth-order valence-electron chi connectivity index (χ4n) is 2.20. The quantitative estimate of drug-likeness (QED) is 0.893. The van der Waals surface area contributed by atoms with Crippen LogP contribution in [0.15, 0.2) is 23.1 Å². The van der Waals surface area contributed by atoms with Gasteiger partial charge in [0.15, 0.2) is 0 Å². The van der Waals surface area contributed by atoms with E-state index in [1.807, 2.05) is 11.8 Å². The van der Waals surface area contributed by atoms with E-state index in [4.69, 9.17) is 10.5 Å².